The van der Waals surface area contributed by atoms with Gasteiger partial charge in [0.05, 0.1) is 0 Å². The summed E-state index contributed by atoms with van der Waals surface area (Å²) in [5, 5.41) is 0. The van der Waals surface area contributed by atoms with E-state index in [0.717, 1.165) is 5.69 Å². The van der Waals surface area contributed by atoms with Gasteiger partial charge in [0.2, 0.25) is 6.71 Å². The molecule has 2 nitrogen and oxygen atoms in total. The second-order valence-electron chi connectivity index (χ2n) is 19.1. The molecule has 0 N–H and O–H groups in total. The van der Waals surface area contributed by atoms with E-state index in [4.69, 9.17) is 0 Å². The topological polar surface area (TPSA) is 6.48 Å². The highest BCUT2D eigenvalue weighted by atomic mass is 15.2. The van der Waals surface area contributed by atoms with E-state index < -0.39 is 0 Å². The first-order valence-electron chi connectivity index (χ1n) is 20.9. The van der Waals surface area contributed by atoms with Crippen molar-refractivity contribution in [1.29, 1.82) is 0 Å². The normalized spacial score (nSPS) is 15.2. The van der Waals surface area contributed by atoms with E-state index in [1.165, 1.54) is 89.4 Å². The molecule has 0 bridgehead atoms. The van der Waals surface area contributed by atoms with Gasteiger partial charge >= 0.3 is 0 Å². The third-order valence-electron chi connectivity index (χ3n) is 13.0. The van der Waals surface area contributed by atoms with Gasteiger partial charge < -0.3 is 9.80 Å². The fraction of sp³-hybridized carbons (Fsp3) is 0.200. The first-order chi connectivity index (χ1) is 27.8. The Labute approximate surface area is 345 Å². The maximum atomic E-state index is 2.59. The molecule has 0 unspecified atom stereocenters. The molecule has 1 aliphatic carbocycles. The smallest absolute Gasteiger partial charge is 0.248 e. The minimum atomic E-state index is -0.215. The van der Waals surface area contributed by atoms with Crippen molar-refractivity contribution >= 4 is 51.8 Å². The van der Waals surface area contributed by atoms with Crippen LogP contribution in [0.1, 0.15) is 77.6 Å². The van der Waals surface area contributed by atoms with E-state index in [-0.39, 0.29) is 23.0 Å². The van der Waals surface area contributed by atoms with Crippen molar-refractivity contribution in [1.82, 2.24) is 0 Å². The number of para-hydroxylation sites is 1. The van der Waals surface area contributed by atoms with Crippen LogP contribution in [0, 0.1) is 0 Å². The van der Waals surface area contributed by atoms with Crippen LogP contribution < -0.4 is 20.7 Å². The van der Waals surface area contributed by atoms with Crippen LogP contribution in [-0.4, -0.2) is 6.71 Å². The van der Waals surface area contributed by atoms with E-state index in [2.05, 4.69) is 229 Å². The second-order valence-corrected chi connectivity index (χ2v) is 19.1. The highest BCUT2D eigenvalue weighted by Gasteiger charge is 2.52. The van der Waals surface area contributed by atoms with E-state index in [1.807, 2.05) is 0 Å². The fourth-order valence-electron chi connectivity index (χ4n) is 9.93. The number of rotatable bonds is 4. The number of fused-ring (bicyclic) bond motifs is 5. The van der Waals surface area contributed by atoms with Gasteiger partial charge in [-0.15, -0.1) is 0 Å². The third-order valence-corrected chi connectivity index (χ3v) is 13.0. The average molecular weight is 751 g/mol. The van der Waals surface area contributed by atoms with Crippen LogP contribution >= 0.6 is 0 Å². The largest absolute Gasteiger partial charge is 0.311 e. The van der Waals surface area contributed by atoms with Crippen molar-refractivity contribution in [3.05, 3.63) is 192 Å². The second kappa shape index (κ2) is 13.0. The lowest BCUT2D eigenvalue weighted by atomic mass is 9.30. The SMILES string of the molecule is CC(C)(C)c1ccc(-c2cccc(N3C4=C(B5c6ccc(-c7ccc(C(C)(C)C)cc7)cc6N(c6ccccc6)c6cccc3c65)C(C)(C)c3ccccc34)c2)cc1. The van der Waals surface area contributed by atoms with Gasteiger partial charge in [0, 0.05) is 45.1 Å². The minimum Gasteiger partial charge on any atom is -0.311 e. The highest BCUT2D eigenvalue weighted by molar-refractivity contribution is 6.96. The van der Waals surface area contributed by atoms with Gasteiger partial charge in [-0.1, -0.05) is 182 Å². The van der Waals surface area contributed by atoms with Gasteiger partial charge in [-0.05, 0) is 103 Å². The van der Waals surface area contributed by atoms with Crippen molar-refractivity contribution in [2.75, 3.05) is 9.80 Å². The third kappa shape index (κ3) is 5.62. The quantitative estimate of drug-likeness (QED) is 0.165. The van der Waals surface area contributed by atoms with Crippen LogP contribution in [0.25, 0.3) is 28.0 Å². The van der Waals surface area contributed by atoms with Crippen molar-refractivity contribution in [3.8, 4) is 22.3 Å². The molecule has 58 heavy (non-hydrogen) atoms. The van der Waals surface area contributed by atoms with Gasteiger partial charge in [0.1, 0.15) is 0 Å². The number of hydrogen-bond acceptors (Lipinski definition) is 2. The fourth-order valence-corrected chi connectivity index (χ4v) is 9.93. The Morgan fingerprint density at radius 3 is 1.62 bits per heavy atom. The van der Waals surface area contributed by atoms with E-state index in [0.29, 0.717) is 0 Å². The molecule has 0 radical (unpaired) electrons. The maximum Gasteiger partial charge on any atom is 0.248 e. The summed E-state index contributed by atoms with van der Waals surface area (Å²) in [5.74, 6) is 0. The van der Waals surface area contributed by atoms with E-state index >= 15 is 0 Å². The monoisotopic (exact) mass is 750 g/mol. The molecule has 0 fully saturated rings. The maximum absolute atomic E-state index is 2.59. The van der Waals surface area contributed by atoms with Gasteiger partial charge in [-0.2, -0.15) is 0 Å². The van der Waals surface area contributed by atoms with Gasteiger partial charge in [0.15, 0.2) is 0 Å². The number of benzene rings is 7. The van der Waals surface area contributed by atoms with Crippen LogP contribution in [0.4, 0.5) is 28.4 Å². The zero-order valence-electron chi connectivity index (χ0n) is 35.1. The molecule has 0 atom stereocenters. The molecule has 0 spiro atoms. The molecule has 0 amide bonds. The number of allylic oxidation sites excluding steroid dienone is 1. The lowest BCUT2D eigenvalue weighted by molar-refractivity contribution is 0.590. The van der Waals surface area contributed by atoms with Gasteiger partial charge in [-0.25, -0.2) is 0 Å². The lowest BCUT2D eigenvalue weighted by Gasteiger charge is -2.46. The summed E-state index contributed by atoms with van der Waals surface area (Å²) in [6.07, 6.45) is 0. The summed E-state index contributed by atoms with van der Waals surface area (Å²) in [7, 11) is 0. The molecule has 7 aromatic rings. The van der Waals surface area contributed by atoms with Crippen molar-refractivity contribution < 1.29 is 0 Å². The molecule has 0 saturated heterocycles. The van der Waals surface area contributed by atoms with Crippen molar-refractivity contribution in [2.45, 2.75) is 71.6 Å². The van der Waals surface area contributed by atoms with Gasteiger partial charge in [-0.3, -0.25) is 0 Å². The summed E-state index contributed by atoms with van der Waals surface area (Å²) in [5.41, 5.74) is 21.8. The van der Waals surface area contributed by atoms with Crippen LogP contribution in [0.5, 0.6) is 0 Å². The van der Waals surface area contributed by atoms with E-state index in [9.17, 15) is 0 Å². The number of hydrogen-bond donors (Lipinski definition) is 0. The van der Waals surface area contributed by atoms with Crippen LogP contribution in [0.2, 0.25) is 0 Å². The molecule has 2 aliphatic heterocycles. The van der Waals surface area contributed by atoms with Crippen molar-refractivity contribution in [3.63, 3.8) is 0 Å². The Hall–Kier alpha value is -6.06. The summed E-state index contributed by atoms with van der Waals surface area (Å²) < 4.78 is 0. The molecule has 284 valence electrons. The van der Waals surface area contributed by atoms with Gasteiger partial charge in [0.25, 0.3) is 0 Å². The molecule has 3 aliphatic rings. The molecular weight excluding hydrogens is 699 g/mol. The zero-order chi connectivity index (χ0) is 40.1. The Morgan fingerprint density at radius 2 is 0.983 bits per heavy atom. The summed E-state index contributed by atoms with van der Waals surface area (Å²) in [4.78, 5) is 5.11. The molecule has 3 heteroatoms. The minimum absolute atomic E-state index is 0.0697. The van der Waals surface area contributed by atoms with Crippen LogP contribution in [0.3, 0.4) is 0 Å². The zero-order valence-corrected chi connectivity index (χ0v) is 35.1. The summed E-state index contributed by atoms with van der Waals surface area (Å²) in [6.45, 7) is 18.6. The molecular formula is C55H51BN2. The highest BCUT2D eigenvalue weighted by Crippen LogP contribution is 2.56. The lowest BCUT2D eigenvalue weighted by Crippen LogP contribution is -2.57. The molecule has 10 rings (SSSR count). The summed E-state index contributed by atoms with van der Waals surface area (Å²) >= 11 is 0. The van der Waals surface area contributed by atoms with Crippen LogP contribution in [-0.2, 0) is 16.2 Å². The van der Waals surface area contributed by atoms with Crippen LogP contribution in [0.15, 0.2) is 169 Å². The Bertz CT molecular complexity index is 2760. The molecule has 0 aromatic heterocycles. The average Bonchev–Trinajstić information content (AvgIpc) is 3.46. The number of nitrogens with zero attached hydrogens (tertiary/aromatic N) is 2. The molecule has 2 heterocycles. The summed E-state index contributed by atoms with van der Waals surface area (Å²) in [6, 6.07) is 61.8. The first-order valence-corrected chi connectivity index (χ1v) is 20.9. The number of anilines is 5. The molecule has 0 saturated carbocycles. The van der Waals surface area contributed by atoms with Crippen molar-refractivity contribution in [2.24, 2.45) is 0 Å². The molecule has 7 aromatic carbocycles. The predicted octanol–water partition coefficient (Wildman–Crippen LogP) is 13.4. The first kappa shape index (κ1) is 36.3. The Balaban J connectivity index is 1.21. The standard InChI is InChI=1S/C55H51BN2/c1-53(2,3)40-29-24-36(25-30-40)38-16-14-19-43(34-38)58-48-23-15-22-47-50(48)56(52-51(58)44-20-12-13-21-45(44)55(52,7)8)46-33-28-39(37-26-31-41(32-27-37)54(4,5)6)35-49(46)57(47)42-17-10-9-11-18-42/h9-35H,1-8H3. The van der Waals surface area contributed by atoms with E-state index in [1.54, 1.807) is 0 Å². The Morgan fingerprint density at radius 1 is 0.448 bits per heavy atom. The predicted molar refractivity (Wildman–Crippen MR) is 249 cm³/mol. The Kier molecular flexibility index (Phi) is 8.12.